The van der Waals surface area contributed by atoms with Gasteiger partial charge in [0.15, 0.2) is 12.0 Å². The molecular weight excluding hydrogens is 292 g/mol. The minimum atomic E-state index is -3.70. The average Bonchev–Trinajstić information content (AvgIpc) is 2.93. The maximum absolute atomic E-state index is 12.1. The monoisotopic (exact) mass is 316 g/mol. The third-order valence-electron chi connectivity index (χ3n) is 3.35. The summed E-state index contributed by atoms with van der Waals surface area (Å²) in [5.41, 5.74) is 0. The van der Waals surface area contributed by atoms with Gasteiger partial charge in [-0.15, -0.1) is 0 Å². The van der Waals surface area contributed by atoms with Gasteiger partial charge in [-0.1, -0.05) is 13.8 Å². The van der Waals surface area contributed by atoms with E-state index in [4.69, 9.17) is 4.42 Å². The highest BCUT2D eigenvalue weighted by Gasteiger charge is 2.21. The Hall–Kier alpha value is -1.18. The van der Waals surface area contributed by atoms with Crippen LogP contribution in [0, 0.1) is 0 Å². The van der Waals surface area contributed by atoms with Crippen molar-refractivity contribution in [1.82, 2.24) is 9.62 Å². The molecule has 0 saturated heterocycles. The lowest BCUT2D eigenvalue weighted by Gasteiger charge is -2.19. The maximum Gasteiger partial charge on any atom is 0.274 e. The first kappa shape index (κ1) is 17.9. The summed E-state index contributed by atoms with van der Waals surface area (Å²) in [4.78, 5) is 12.8. The van der Waals surface area contributed by atoms with Gasteiger partial charge >= 0.3 is 0 Å². The second kappa shape index (κ2) is 8.31. The Morgan fingerprint density at radius 2 is 2.00 bits per heavy atom. The average molecular weight is 316 g/mol. The molecule has 0 bridgehead atoms. The molecule has 1 unspecified atom stereocenters. The van der Waals surface area contributed by atoms with E-state index in [-0.39, 0.29) is 16.9 Å². The molecular formula is C14H24N2O4S. The van der Waals surface area contributed by atoms with Gasteiger partial charge in [-0.25, -0.2) is 13.1 Å². The predicted molar refractivity (Wildman–Crippen MR) is 80.9 cm³/mol. The molecule has 1 rings (SSSR count). The first-order chi connectivity index (χ1) is 9.92. The van der Waals surface area contributed by atoms with Crippen molar-refractivity contribution >= 4 is 16.3 Å². The van der Waals surface area contributed by atoms with E-state index in [0.29, 0.717) is 6.29 Å². The molecule has 0 saturated carbocycles. The lowest BCUT2D eigenvalue weighted by molar-refractivity contribution is 0.109. The highest BCUT2D eigenvalue weighted by molar-refractivity contribution is 7.89. The molecule has 0 radical (unpaired) electrons. The number of furan rings is 1. The maximum atomic E-state index is 12.1. The van der Waals surface area contributed by atoms with Crippen LogP contribution < -0.4 is 4.72 Å². The zero-order valence-electron chi connectivity index (χ0n) is 12.8. The Morgan fingerprint density at radius 3 is 2.52 bits per heavy atom. The summed E-state index contributed by atoms with van der Waals surface area (Å²) in [5, 5.41) is -0.222. The van der Waals surface area contributed by atoms with E-state index in [2.05, 4.69) is 23.5 Å². The van der Waals surface area contributed by atoms with Gasteiger partial charge in [0, 0.05) is 6.04 Å². The number of hydrogen-bond acceptors (Lipinski definition) is 5. The van der Waals surface area contributed by atoms with Crippen LogP contribution in [0.5, 0.6) is 0 Å². The SMILES string of the molecule is CCN(CC)CCCC(C)NS(=O)(=O)c1ccc(C=O)o1. The van der Waals surface area contributed by atoms with Gasteiger partial charge in [-0.05, 0) is 51.5 Å². The van der Waals surface area contributed by atoms with Gasteiger partial charge in [-0.2, -0.15) is 0 Å². The van der Waals surface area contributed by atoms with Crippen molar-refractivity contribution in [2.75, 3.05) is 19.6 Å². The van der Waals surface area contributed by atoms with E-state index in [0.717, 1.165) is 32.5 Å². The van der Waals surface area contributed by atoms with Gasteiger partial charge in [0.2, 0.25) is 5.09 Å². The molecule has 1 aromatic rings. The topological polar surface area (TPSA) is 79.6 Å². The van der Waals surface area contributed by atoms with Gasteiger partial charge in [-0.3, -0.25) is 4.79 Å². The van der Waals surface area contributed by atoms with Gasteiger partial charge < -0.3 is 9.32 Å². The third kappa shape index (κ3) is 5.61. The standard InChI is InChI=1S/C14H24N2O4S/c1-4-16(5-2)10-6-7-12(3)15-21(18,19)14-9-8-13(11-17)20-14/h8-9,11-12,15H,4-7,10H2,1-3H3. The number of rotatable bonds is 10. The van der Waals surface area contributed by atoms with Crippen molar-refractivity contribution in [2.45, 2.75) is 44.7 Å². The lowest BCUT2D eigenvalue weighted by atomic mass is 10.2. The van der Waals surface area contributed by atoms with Crippen molar-refractivity contribution in [3.63, 3.8) is 0 Å². The van der Waals surface area contributed by atoms with Crippen molar-refractivity contribution in [3.8, 4) is 0 Å². The zero-order chi connectivity index (χ0) is 15.9. The number of nitrogens with zero attached hydrogens (tertiary/aromatic N) is 1. The van der Waals surface area contributed by atoms with Gasteiger partial charge in [0.25, 0.3) is 10.0 Å². The summed E-state index contributed by atoms with van der Waals surface area (Å²) >= 11 is 0. The summed E-state index contributed by atoms with van der Waals surface area (Å²) in [5.74, 6) is 0.00422. The molecule has 1 N–H and O–H groups in total. The van der Waals surface area contributed by atoms with E-state index in [1.807, 2.05) is 6.92 Å². The second-order valence-electron chi connectivity index (χ2n) is 4.97. The van der Waals surface area contributed by atoms with Crippen LogP contribution in [0.1, 0.15) is 44.2 Å². The fraction of sp³-hybridized carbons (Fsp3) is 0.643. The summed E-state index contributed by atoms with van der Waals surface area (Å²) < 4.78 is 31.6. The molecule has 6 nitrogen and oxygen atoms in total. The lowest BCUT2D eigenvalue weighted by Crippen LogP contribution is -2.33. The number of carbonyl (C=O) groups excluding carboxylic acids is 1. The summed E-state index contributed by atoms with van der Waals surface area (Å²) in [7, 11) is -3.70. The molecule has 0 fully saturated rings. The van der Waals surface area contributed by atoms with Crippen molar-refractivity contribution < 1.29 is 17.6 Å². The highest BCUT2D eigenvalue weighted by Crippen LogP contribution is 2.13. The Balaban J connectivity index is 2.49. The molecule has 120 valence electrons. The van der Waals surface area contributed by atoms with Crippen molar-refractivity contribution in [3.05, 3.63) is 17.9 Å². The second-order valence-corrected chi connectivity index (χ2v) is 6.61. The fourth-order valence-corrected chi connectivity index (χ4v) is 3.30. The normalized spacial score (nSPS) is 13.5. The molecule has 7 heteroatoms. The Bertz CT molecular complexity index is 535. The molecule has 0 aromatic carbocycles. The summed E-state index contributed by atoms with van der Waals surface area (Å²) in [6.07, 6.45) is 2.15. The molecule has 0 aliphatic rings. The first-order valence-electron chi connectivity index (χ1n) is 7.22. The van der Waals surface area contributed by atoms with Gasteiger partial charge in [0.05, 0.1) is 0 Å². The number of aldehydes is 1. The molecule has 1 heterocycles. The highest BCUT2D eigenvalue weighted by atomic mass is 32.2. The number of sulfonamides is 1. The largest absolute Gasteiger partial charge is 0.440 e. The smallest absolute Gasteiger partial charge is 0.274 e. The minimum Gasteiger partial charge on any atom is -0.440 e. The van der Waals surface area contributed by atoms with Crippen LogP contribution in [0.15, 0.2) is 21.6 Å². The number of carbonyl (C=O) groups is 1. The van der Waals surface area contributed by atoms with E-state index in [1.165, 1.54) is 12.1 Å². The van der Waals surface area contributed by atoms with Crippen LogP contribution in [0.25, 0.3) is 0 Å². The molecule has 0 aliphatic heterocycles. The first-order valence-corrected chi connectivity index (χ1v) is 8.71. The van der Waals surface area contributed by atoms with Gasteiger partial charge in [0.1, 0.15) is 0 Å². The minimum absolute atomic E-state index is 0.00422. The predicted octanol–water partition coefficient (Wildman–Crippen LogP) is 1.88. The fourth-order valence-electron chi connectivity index (χ4n) is 2.08. The van der Waals surface area contributed by atoms with Crippen LogP contribution in [-0.2, 0) is 10.0 Å². The Labute approximate surface area is 126 Å². The molecule has 1 atom stereocenters. The van der Waals surface area contributed by atoms with Crippen molar-refractivity contribution in [1.29, 1.82) is 0 Å². The zero-order valence-corrected chi connectivity index (χ0v) is 13.6. The molecule has 21 heavy (non-hydrogen) atoms. The molecule has 0 aliphatic carbocycles. The molecule has 1 aromatic heterocycles. The Kier molecular flexibility index (Phi) is 7.07. The number of nitrogens with one attached hydrogen (secondary N) is 1. The van der Waals surface area contributed by atoms with E-state index >= 15 is 0 Å². The van der Waals surface area contributed by atoms with Crippen LogP contribution in [0.4, 0.5) is 0 Å². The van der Waals surface area contributed by atoms with Crippen LogP contribution in [0.2, 0.25) is 0 Å². The van der Waals surface area contributed by atoms with Crippen LogP contribution >= 0.6 is 0 Å². The summed E-state index contributed by atoms with van der Waals surface area (Å²) in [6.45, 7) is 8.99. The van der Waals surface area contributed by atoms with Crippen molar-refractivity contribution in [2.24, 2.45) is 0 Å². The van der Waals surface area contributed by atoms with E-state index in [9.17, 15) is 13.2 Å². The van der Waals surface area contributed by atoms with E-state index in [1.54, 1.807) is 0 Å². The van der Waals surface area contributed by atoms with E-state index < -0.39 is 10.0 Å². The number of hydrogen-bond donors (Lipinski definition) is 1. The quantitative estimate of drug-likeness (QED) is 0.667. The summed E-state index contributed by atoms with van der Waals surface area (Å²) in [6, 6.07) is 2.44. The third-order valence-corrected chi connectivity index (χ3v) is 4.81. The van der Waals surface area contributed by atoms with Crippen LogP contribution in [0.3, 0.4) is 0 Å². The molecule has 0 spiro atoms. The Morgan fingerprint density at radius 1 is 1.33 bits per heavy atom. The van der Waals surface area contributed by atoms with Crippen LogP contribution in [-0.4, -0.2) is 45.3 Å². The molecule has 0 amide bonds.